The molecule has 0 saturated carbocycles. The van der Waals surface area contributed by atoms with Crippen molar-refractivity contribution in [2.24, 2.45) is 7.05 Å². The molecule has 9 heteroatoms. The molecule has 0 aliphatic carbocycles. The second-order valence-electron chi connectivity index (χ2n) is 7.88. The summed E-state index contributed by atoms with van der Waals surface area (Å²) >= 11 is 3.53. The minimum atomic E-state index is -0.342. The molecule has 0 unspecified atom stereocenters. The van der Waals surface area contributed by atoms with Gasteiger partial charge in [-0.2, -0.15) is 4.98 Å². The highest BCUT2D eigenvalue weighted by atomic mass is 79.9. The quantitative estimate of drug-likeness (QED) is 0.353. The summed E-state index contributed by atoms with van der Waals surface area (Å²) in [6, 6.07) is 11.7. The van der Waals surface area contributed by atoms with Gasteiger partial charge in [0.2, 0.25) is 0 Å². The second-order valence-corrected chi connectivity index (χ2v) is 8.79. The van der Waals surface area contributed by atoms with Crippen LogP contribution < -0.4 is 11.0 Å². The molecule has 0 radical (unpaired) electrons. The fourth-order valence-corrected chi connectivity index (χ4v) is 4.53. The average molecular weight is 510 g/mol. The number of benzene rings is 2. The number of halogens is 1. The van der Waals surface area contributed by atoms with Crippen molar-refractivity contribution in [1.82, 2.24) is 24.4 Å². The lowest BCUT2D eigenvalue weighted by Crippen LogP contribution is -2.25. The first-order valence-electron chi connectivity index (χ1n) is 10.8. The van der Waals surface area contributed by atoms with Crippen LogP contribution in [-0.2, 0) is 24.9 Å². The van der Waals surface area contributed by atoms with Gasteiger partial charge in [-0.25, -0.2) is 9.78 Å². The molecule has 0 spiro atoms. The predicted octanol–water partition coefficient (Wildman–Crippen LogP) is 4.21. The summed E-state index contributed by atoms with van der Waals surface area (Å²) in [4.78, 5) is 22.3. The van der Waals surface area contributed by atoms with Gasteiger partial charge in [0.25, 0.3) is 0 Å². The Morgan fingerprint density at radius 1 is 1.18 bits per heavy atom. The van der Waals surface area contributed by atoms with E-state index in [4.69, 9.17) is 14.1 Å². The number of hydrogen-bond donors (Lipinski definition) is 1. The van der Waals surface area contributed by atoms with E-state index in [1.807, 2.05) is 43.4 Å². The number of aromatic nitrogens is 4. The highest BCUT2D eigenvalue weighted by Gasteiger charge is 2.20. The Balaban J connectivity index is 1.75. The molecule has 0 amide bonds. The number of nitrogens with zero attached hydrogens (tertiary/aromatic N) is 4. The maximum atomic E-state index is 13.1. The van der Waals surface area contributed by atoms with E-state index in [2.05, 4.69) is 37.7 Å². The Bertz CT molecular complexity index is 1550. The van der Waals surface area contributed by atoms with Crippen molar-refractivity contribution in [2.45, 2.75) is 20.0 Å². The topological polar surface area (TPSA) is 87.1 Å². The van der Waals surface area contributed by atoms with Crippen molar-refractivity contribution < 1.29 is 9.15 Å². The first kappa shape index (κ1) is 21.8. The zero-order chi connectivity index (χ0) is 23.1. The van der Waals surface area contributed by atoms with Crippen molar-refractivity contribution in [1.29, 1.82) is 0 Å². The Morgan fingerprint density at radius 2 is 2.03 bits per heavy atom. The van der Waals surface area contributed by atoms with Crippen LogP contribution in [0.2, 0.25) is 0 Å². The molecule has 0 atom stereocenters. The minimum Gasteiger partial charge on any atom is -0.452 e. The number of methoxy groups -OCH3 is 1. The van der Waals surface area contributed by atoms with Gasteiger partial charge in [0, 0.05) is 29.6 Å². The first-order chi connectivity index (χ1) is 16.0. The van der Waals surface area contributed by atoms with Crippen LogP contribution in [0.4, 0.5) is 0 Å². The number of nitrogens with one attached hydrogen (secondary N) is 1. The third-order valence-electron chi connectivity index (χ3n) is 5.85. The van der Waals surface area contributed by atoms with Crippen molar-refractivity contribution in [3.63, 3.8) is 0 Å². The molecule has 0 aliphatic rings. The number of hydrogen-bond acceptors (Lipinski definition) is 6. The molecule has 3 heterocycles. The lowest BCUT2D eigenvalue weighted by atomic mass is 10.1. The first-order valence-corrected chi connectivity index (χ1v) is 11.6. The highest BCUT2D eigenvalue weighted by Crippen LogP contribution is 2.35. The van der Waals surface area contributed by atoms with E-state index < -0.39 is 0 Å². The highest BCUT2D eigenvalue weighted by molar-refractivity contribution is 9.10. The van der Waals surface area contributed by atoms with Gasteiger partial charge in [-0.05, 0) is 36.9 Å². The van der Waals surface area contributed by atoms with Crippen LogP contribution in [0.5, 0.6) is 0 Å². The summed E-state index contributed by atoms with van der Waals surface area (Å²) in [7, 11) is 3.62. The van der Waals surface area contributed by atoms with Gasteiger partial charge in [-0.3, -0.25) is 4.57 Å². The molecule has 8 nitrogen and oxygen atoms in total. The molecule has 170 valence electrons. The maximum Gasteiger partial charge on any atom is 0.348 e. The summed E-state index contributed by atoms with van der Waals surface area (Å²) < 4.78 is 16.1. The summed E-state index contributed by atoms with van der Waals surface area (Å²) in [6.45, 7) is 4.41. The number of fused-ring (bicyclic) bond motifs is 4. The van der Waals surface area contributed by atoms with Gasteiger partial charge >= 0.3 is 5.69 Å². The Kier molecular flexibility index (Phi) is 5.77. The van der Waals surface area contributed by atoms with Crippen LogP contribution in [0.1, 0.15) is 12.7 Å². The lowest BCUT2D eigenvalue weighted by molar-refractivity contribution is 0.187. The number of ether oxygens (including phenoxy) is 1. The summed E-state index contributed by atoms with van der Waals surface area (Å²) in [5, 5.41) is 4.17. The molecule has 0 fully saturated rings. The predicted molar refractivity (Wildman–Crippen MR) is 132 cm³/mol. The van der Waals surface area contributed by atoms with E-state index in [-0.39, 0.29) is 5.69 Å². The molecule has 3 aromatic heterocycles. The molecular weight excluding hydrogens is 486 g/mol. The van der Waals surface area contributed by atoms with Gasteiger partial charge in [0.1, 0.15) is 22.6 Å². The van der Waals surface area contributed by atoms with Crippen LogP contribution in [0, 0.1) is 0 Å². The van der Waals surface area contributed by atoms with Crippen LogP contribution >= 0.6 is 15.9 Å². The normalized spacial score (nSPS) is 11.9. The number of furan rings is 1. The molecule has 33 heavy (non-hydrogen) atoms. The molecule has 0 aliphatic heterocycles. The summed E-state index contributed by atoms with van der Waals surface area (Å²) in [5.74, 6) is 0.950. The molecule has 2 aromatic carbocycles. The lowest BCUT2D eigenvalue weighted by Gasteiger charge is -2.09. The third kappa shape index (κ3) is 3.76. The average Bonchev–Trinajstić information content (AvgIpc) is 3.34. The number of imidazole rings is 1. The van der Waals surface area contributed by atoms with Gasteiger partial charge in [-0.15, -0.1) is 0 Å². The maximum absolute atomic E-state index is 13.1. The molecule has 0 bridgehead atoms. The minimum absolute atomic E-state index is 0.342. The fraction of sp³-hybridized carbons (Fsp3) is 0.292. The van der Waals surface area contributed by atoms with E-state index in [0.717, 1.165) is 38.8 Å². The SMILES string of the molecule is CCNCc1nc2cc(-c3nc(=O)n(CCOC)c4c3oc3ccc(Br)cc34)ccc2n1C. The number of rotatable bonds is 7. The van der Waals surface area contributed by atoms with Crippen molar-refractivity contribution in [2.75, 3.05) is 20.3 Å². The number of aryl methyl sites for hydroxylation is 1. The van der Waals surface area contributed by atoms with Crippen LogP contribution in [-0.4, -0.2) is 39.4 Å². The van der Waals surface area contributed by atoms with Crippen molar-refractivity contribution in [3.8, 4) is 11.3 Å². The Hall–Kier alpha value is -3.01. The van der Waals surface area contributed by atoms with Gasteiger partial charge in [0.05, 0.1) is 30.7 Å². The van der Waals surface area contributed by atoms with E-state index in [0.29, 0.717) is 42.1 Å². The molecule has 1 N–H and O–H groups in total. The van der Waals surface area contributed by atoms with Crippen LogP contribution in [0.3, 0.4) is 0 Å². The fourth-order valence-electron chi connectivity index (χ4n) is 4.17. The molecular formula is C24H24BrN5O3. The van der Waals surface area contributed by atoms with Crippen molar-refractivity contribution in [3.05, 3.63) is 57.2 Å². The van der Waals surface area contributed by atoms with E-state index in [9.17, 15) is 4.79 Å². The molecule has 5 rings (SSSR count). The zero-order valence-electron chi connectivity index (χ0n) is 18.7. The van der Waals surface area contributed by atoms with Gasteiger partial charge < -0.3 is 19.0 Å². The van der Waals surface area contributed by atoms with E-state index >= 15 is 0 Å². The third-order valence-corrected chi connectivity index (χ3v) is 6.34. The van der Waals surface area contributed by atoms with E-state index in [1.165, 1.54) is 0 Å². The largest absolute Gasteiger partial charge is 0.452 e. The summed E-state index contributed by atoms with van der Waals surface area (Å²) in [5.41, 5.74) is 4.80. The molecule has 5 aromatic rings. The second kappa shape index (κ2) is 8.74. The van der Waals surface area contributed by atoms with Crippen molar-refractivity contribution >= 4 is 49.0 Å². The monoisotopic (exact) mass is 509 g/mol. The molecule has 0 saturated heterocycles. The standard InChI is InChI=1S/C24H24BrN5O3/c1-4-26-13-20-27-17-11-14(5-7-18(17)29(20)2)21-23-22(30(9-10-32-3)24(31)28-21)16-12-15(25)6-8-19(16)33-23/h5-8,11-12,26H,4,9-10,13H2,1-3H3. The zero-order valence-corrected chi connectivity index (χ0v) is 20.3. The van der Waals surface area contributed by atoms with Gasteiger partial charge in [0.15, 0.2) is 5.58 Å². The van der Waals surface area contributed by atoms with E-state index in [1.54, 1.807) is 11.7 Å². The smallest absolute Gasteiger partial charge is 0.348 e. The van der Waals surface area contributed by atoms with Crippen LogP contribution in [0.15, 0.2) is 50.1 Å². The Morgan fingerprint density at radius 3 is 2.82 bits per heavy atom. The Labute approximate surface area is 198 Å². The van der Waals surface area contributed by atoms with Crippen LogP contribution in [0.25, 0.3) is 44.4 Å². The van der Waals surface area contributed by atoms with Gasteiger partial charge in [-0.1, -0.05) is 28.9 Å². The summed E-state index contributed by atoms with van der Waals surface area (Å²) in [6.07, 6.45) is 0.